The maximum Gasteiger partial charge on any atom is 0.307 e. The largest absolute Gasteiger partial charge is 0.460 e. The minimum Gasteiger partial charge on any atom is -0.460 e. The Balaban J connectivity index is 2.10. The summed E-state index contributed by atoms with van der Waals surface area (Å²) in [4.78, 5) is 13.4. The molecule has 1 rings (SSSR count). The Morgan fingerprint density at radius 1 is 1.42 bits per heavy atom. The average Bonchev–Trinajstić information content (AvgIpc) is 2.61. The lowest BCUT2D eigenvalue weighted by Crippen LogP contribution is -2.25. The Hall–Kier alpha value is -0.570. The second-order valence-corrected chi connectivity index (χ2v) is 4.18. The Labute approximate surface area is 73.7 Å². The number of nitrogens with zero attached hydrogens (tertiary/aromatic N) is 1. The van der Waals surface area contributed by atoms with Gasteiger partial charge in [-0.25, -0.2) is 0 Å². The van der Waals surface area contributed by atoms with E-state index in [-0.39, 0.29) is 11.6 Å². The van der Waals surface area contributed by atoms with Crippen molar-refractivity contribution in [1.29, 1.82) is 0 Å². The molecular formula is C9H17NO2. The molecular weight excluding hydrogens is 154 g/mol. The molecule has 0 aromatic heterocycles. The topological polar surface area (TPSA) is 29.3 Å². The molecule has 0 aromatic carbocycles. The molecule has 1 saturated heterocycles. The van der Waals surface area contributed by atoms with Gasteiger partial charge in [-0.1, -0.05) is 0 Å². The van der Waals surface area contributed by atoms with Crippen LogP contribution < -0.4 is 0 Å². The molecule has 1 aliphatic rings. The highest BCUT2D eigenvalue weighted by molar-refractivity contribution is 5.70. The van der Waals surface area contributed by atoms with Crippen LogP contribution in [0.1, 0.15) is 27.2 Å². The maximum absolute atomic E-state index is 11.1. The highest BCUT2D eigenvalue weighted by atomic mass is 16.6. The van der Waals surface area contributed by atoms with Gasteiger partial charge in [-0.3, -0.25) is 4.79 Å². The van der Waals surface area contributed by atoms with Crippen LogP contribution in [0.2, 0.25) is 0 Å². The molecule has 3 heteroatoms. The van der Waals surface area contributed by atoms with Crippen molar-refractivity contribution in [3.05, 3.63) is 0 Å². The fraction of sp³-hybridized carbons (Fsp3) is 0.889. The zero-order valence-corrected chi connectivity index (χ0v) is 8.09. The number of hydrogen-bond donors (Lipinski definition) is 0. The Morgan fingerprint density at radius 2 is 2.00 bits per heavy atom. The minimum atomic E-state index is -0.337. The summed E-state index contributed by atoms with van der Waals surface area (Å²) < 4.78 is 5.15. The summed E-state index contributed by atoms with van der Waals surface area (Å²) in [5, 5.41) is 0. The van der Waals surface area contributed by atoms with Gasteiger partial charge in [0.05, 0.1) is 6.42 Å². The van der Waals surface area contributed by atoms with Crippen molar-refractivity contribution in [3.8, 4) is 0 Å². The van der Waals surface area contributed by atoms with Crippen LogP contribution in [0, 0.1) is 0 Å². The molecule has 0 atom stereocenters. The lowest BCUT2D eigenvalue weighted by Gasteiger charge is -2.19. The highest BCUT2D eigenvalue weighted by Crippen LogP contribution is 2.10. The molecule has 1 fully saturated rings. The number of carbonyl (C=O) groups is 1. The molecule has 0 saturated carbocycles. The van der Waals surface area contributed by atoms with Crippen molar-refractivity contribution in [3.63, 3.8) is 0 Å². The van der Waals surface area contributed by atoms with Gasteiger partial charge in [0.1, 0.15) is 5.60 Å². The van der Waals surface area contributed by atoms with Crippen molar-refractivity contribution in [1.82, 2.24) is 4.90 Å². The molecule has 1 aliphatic heterocycles. The lowest BCUT2D eigenvalue weighted by molar-refractivity contribution is -0.154. The van der Waals surface area contributed by atoms with Crippen LogP contribution in [0.3, 0.4) is 0 Å². The lowest BCUT2D eigenvalue weighted by atomic mass is 10.2. The molecule has 0 unspecified atom stereocenters. The van der Waals surface area contributed by atoms with Crippen LogP contribution in [-0.2, 0) is 9.53 Å². The third-order valence-electron chi connectivity index (χ3n) is 1.59. The van der Waals surface area contributed by atoms with Crippen LogP contribution in [0.25, 0.3) is 0 Å². The van der Waals surface area contributed by atoms with Crippen molar-refractivity contribution in [2.45, 2.75) is 32.8 Å². The van der Waals surface area contributed by atoms with Crippen LogP contribution in [0.15, 0.2) is 0 Å². The SMILES string of the molecule is CC(C)(C)OC(=O)CCN1CC1. The summed E-state index contributed by atoms with van der Waals surface area (Å²) in [6.45, 7) is 8.81. The van der Waals surface area contributed by atoms with Crippen molar-refractivity contribution < 1.29 is 9.53 Å². The smallest absolute Gasteiger partial charge is 0.307 e. The van der Waals surface area contributed by atoms with Crippen molar-refractivity contribution in [2.75, 3.05) is 19.6 Å². The number of ether oxygens (including phenoxy) is 1. The molecule has 0 bridgehead atoms. The van der Waals surface area contributed by atoms with Gasteiger partial charge in [0, 0.05) is 19.6 Å². The Morgan fingerprint density at radius 3 is 2.42 bits per heavy atom. The monoisotopic (exact) mass is 171 g/mol. The molecule has 0 spiro atoms. The number of rotatable bonds is 3. The molecule has 0 amide bonds. The number of esters is 1. The zero-order valence-electron chi connectivity index (χ0n) is 8.09. The minimum absolute atomic E-state index is 0.0885. The average molecular weight is 171 g/mol. The molecule has 0 N–H and O–H groups in total. The van der Waals surface area contributed by atoms with E-state index >= 15 is 0 Å². The summed E-state index contributed by atoms with van der Waals surface area (Å²) in [7, 11) is 0. The maximum atomic E-state index is 11.1. The number of hydrogen-bond acceptors (Lipinski definition) is 3. The van der Waals surface area contributed by atoms with E-state index in [1.54, 1.807) is 0 Å². The normalized spacial score (nSPS) is 17.6. The summed E-state index contributed by atoms with van der Waals surface area (Å²) in [5.41, 5.74) is -0.337. The van der Waals surface area contributed by atoms with Crippen LogP contribution >= 0.6 is 0 Å². The van der Waals surface area contributed by atoms with E-state index in [2.05, 4.69) is 4.90 Å². The van der Waals surface area contributed by atoms with Gasteiger partial charge in [-0.05, 0) is 20.8 Å². The van der Waals surface area contributed by atoms with Crippen LogP contribution in [0.4, 0.5) is 0 Å². The van der Waals surface area contributed by atoms with E-state index in [0.717, 1.165) is 19.6 Å². The van der Waals surface area contributed by atoms with Gasteiger partial charge in [0.25, 0.3) is 0 Å². The van der Waals surface area contributed by atoms with Gasteiger partial charge >= 0.3 is 5.97 Å². The quantitative estimate of drug-likeness (QED) is 0.469. The summed E-state index contributed by atoms with van der Waals surface area (Å²) in [5.74, 6) is -0.0885. The molecule has 70 valence electrons. The van der Waals surface area contributed by atoms with Gasteiger partial charge < -0.3 is 9.64 Å². The standard InChI is InChI=1S/C9H17NO2/c1-9(2,3)12-8(11)4-5-10-6-7-10/h4-7H2,1-3H3. The predicted octanol–water partition coefficient (Wildman–Crippen LogP) is 1.03. The second-order valence-electron chi connectivity index (χ2n) is 4.18. The van der Waals surface area contributed by atoms with E-state index in [4.69, 9.17) is 4.74 Å². The molecule has 3 nitrogen and oxygen atoms in total. The van der Waals surface area contributed by atoms with Crippen molar-refractivity contribution >= 4 is 5.97 Å². The van der Waals surface area contributed by atoms with Crippen LogP contribution in [0.5, 0.6) is 0 Å². The number of carbonyl (C=O) groups excluding carboxylic acids is 1. The fourth-order valence-corrected chi connectivity index (χ4v) is 0.936. The predicted molar refractivity (Wildman–Crippen MR) is 46.9 cm³/mol. The van der Waals surface area contributed by atoms with Crippen LogP contribution in [-0.4, -0.2) is 36.1 Å². The van der Waals surface area contributed by atoms with Gasteiger partial charge in [-0.2, -0.15) is 0 Å². The van der Waals surface area contributed by atoms with Gasteiger partial charge in [0.2, 0.25) is 0 Å². The molecule has 0 aliphatic carbocycles. The molecule has 12 heavy (non-hydrogen) atoms. The van der Waals surface area contributed by atoms with E-state index in [0.29, 0.717) is 6.42 Å². The second kappa shape index (κ2) is 3.44. The van der Waals surface area contributed by atoms with Crippen molar-refractivity contribution in [2.24, 2.45) is 0 Å². The molecule has 0 radical (unpaired) electrons. The van der Waals surface area contributed by atoms with E-state index in [9.17, 15) is 4.79 Å². The first-order valence-electron chi connectivity index (χ1n) is 4.41. The highest BCUT2D eigenvalue weighted by Gasteiger charge is 2.20. The van der Waals surface area contributed by atoms with E-state index < -0.39 is 0 Å². The first-order valence-corrected chi connectivity index (χ1v) is 4.41. The first kappa shape index (κ1) is 9.52. The molecule has 0 aromatic rings. The third-order valence-corrected chi connectivity index (χ3v) is 1.59. The zero-order chi connectivity index (χ0) is 9.19. The first-order chi connectivity index (χ1) is 5.47. The van der Waals surface area contributed by atoms with E-state index in [1.807, 2.05) is 20.8 Å². The summed E-state index contributed by atoms with van der Waals surface area (Å²) >= 11 is 0. The summed E-state index contributed by atoms with van der Waals surface area (Å²) in [6, 6.07) is 0. The van der Waals surface area contributed by atoms with E-state index in [1.165, 1.54) is 0 Å². The fourth-order valence-electron chi connectivity index (χ4n) is 0.936. The third kappa shape index (κ3) is 4.34. The molecule has 1 heterocycles. The Bertz CT molecular complexity index is 168. The van der Waals surface area contributed by atoms with Gasteiger partial charge in [0.15, 0.2) is 0 Å². The Kier molecular flexibility index (Phi) is 2.73. The summed E-state index contributed by atoms with van der Waals surface area (Å²) in [6.07, 6.45) is 0.525. The van der Waals surface area contributed by atoms with Gasteiger partial charge in [-0.15, -0.1) is 0 Å².